The number of nitrogens with zero attached hydrogens (tertiary/aromatic N) is 2. The molecule has 0 fully saturated rings. The molecule has 3 atom stereocenters. The van der Waals surface area contributed by atoms with Crippen LogP contribution in [0.4, 0.5) is 5.69 Å². The van der Waals surface area contributed by atoms with Crippen molar-refractivity contribution in [3.63, 3.8) is 0 Å². The third-order valence-electron chi connectivity index (χ3n) is 5.84. The summed E-state index contributed by atoms with van der Waals surface area (Å²) in [5.41, 5.74) is 0.901. The number of benzene rings is 2. The number of sulfonamides is 1. The maximum absolute atomic E-state index is 13.2. The molecular weight excluding hydrogens is 478 g/mol. The highest BCUT2D eigenvalue weighted by Gasteiger charge is 2.31. The second-order valence-corrected chi connectivity index (χ2v) is 11.2. The lowest BCUT2D eigenvalue weighted by atomic mass is 10.0. The number of ether oxygens (including phenoxy) is 1. The molecule has 8 nitrogen and oxygen atoms in total. The SMILES string of the molecule is C[C@@H]1CN([C@@H](C)CO)C(=O)Cc2cc(NS(=O)(=O)c3ccc(Cl)cc3)ccc2O[C@H]1CN(C)C. The monoisotopic (exact) mass is 509 g/mol. The van der Waals surface area contributed by atoms with Crippen LogP contribution in [0.3, 0.4) is 0 Å². The molecule has 0 aliphatic carbocycles. The Morgan fingerprint density at radius 1 is 1.24 bits per heavy atom. The van der Waals surface area contributed by atoms with E-state index in [1.807, 2.05) is 32.8 Å². The molecule has 0 radical (unpaired) electrons. The van der Waals surface area contributed by atoms with Crippen LogP contribution in [0.15, 0.2) is 47.4 Å². The predicted octanol–water partition coefficient (Wildman–Crippen LogP) is 2.85. The Labute approximate surface area is 206 Å². The largest absolute Gasteiger partial charge is 0.488 e. The molecule has 3 rings (SSSR count). The first kappa shape index (κ1) is 26.3. The molecule has 0 saturated heterocycles. The van der Waals surface area contributed by atoms with Crippen LogP contribution >= 0.6 is 11.6 Å². The van der Waals surface area contributed by atoms with E-state index >= 15 is 0 Å². The number of aliphatic hydroxyl groups excluding tert-OH is 1. The molecule has 34 heavy (non-hydrogen) atoms. The maximum atomic E-state index is 13.2. The number of anilines is 1. The molecule has 2 aromatic rings. The van der Waals surface area contributed by atoms with E-state index in [0.29, 0.717) is 35.1 Å². The van der Waals surface area contributed by atoms with Crippen molar-refractivity contribution < 1.29 is 23.1 Å². The van der Waals surface area contributed by atoms with E-state index in [1.165, 1.54) is 24.3 Å². The van der Waals surface area contributed by atoms with Crippen LogP contribution in [0.5, 0.6) is 5.75 Å². The number of amides is 1. The van der Waals surface area contributed by atoms with Crippen molar-refractivity contribution in [2.24, 2.45) is 5.92 Å². The zero-order valence-corrected chi connectivity index (χ0v) is 21.4. The Kier molecular flexibility index (Phi) is 8.46. The first-order chi connectivity index (χ1) is 16.0. The van der Waals surface area contributed by atoms with Gasteiger partial charge in [-0.3, -0.25) is 9.52 Å². The van der Waals surface area contributed by atoms with Crippen LogP contribution in [0.1, 0.15) is 19.4 Å². The molecule has 1 aliphatic heterocycles. The fourth-order valence-corrected chi connectivity index (χ4v) is 5.07. The molecule has 2 N–H and O–H groups in total. The van der Waals surface area contributed by atoms with E-state index in [1.54, 1.807) is 23.1 Å². The minimum Gasteiger partial charge on any atom is -0.488 e. The predicted molar refractivity (Wildman–Crippen MR) is 133 cm³/mol. The zero-order chi connectivity index (χ0) is 25.0. The molecule has 1 amide bonds. The fraction of sp³-hybridized carbons (Fsp3) is 0.458. The van der Waals surface area contributed by atoms with E-state index in [2.05, 4.69) is 4.72 Å². The van der Waals surface area contributed by atoms with Crippen molar-refractivity contribution in [1.29, 1.82) is 0 Å². The van der Waals surface area contributed by atoms with Gasteiger partial charge in [0.15, 0.2) is 0 Å². The van der Waals surface area contributed by atoms with Gasteiger partial charge in [-0.05, 0) is 63.5 Å². The molecule has 1 heterocycles. The number of hydrogen-bond acceptors (Lipinski definition) is 6. The van der Waals surface area contributed by atoms with Gasteiger partial charge in [0.1, 0.15) is 11.9 Å². The van der Waals surface area contributed by atoms with Crippen molar-refractivity contribution in [3.8, 4) is 5.75 Å². The number of fused-ring (bicyclic) bond motifs is 1. The lowest BCUT2D eigenvalue weighted by Gasteiger charge is -2.33. The second kappa shape index (κ2) is 10.9. The van der Waals surface area contributed by atoms with Gasteiger partial charge >= 0.3 is 0 Å². The standard InChI is InChI=1S/C24H32ClN3O5S/c1-16-13-28(17(2)15-29)24(30)12-18-11-20(7-10-22(18)33-23(16)14-27(3)4)26-34(31,32)21-8-5-19(25)6-9-21/h5-11,16-17,23,26,29H,12-15H2,1-4H3/t16-,17+,23+/m1/s1. The topological polar surface area (TPSA) is 99.2 Å². The summed E-state index contributed by atoms with van der Waals surface area (Å²) < 4.78 is 34.6. The number of aliphatic hydroxyl groups is 1. The summed E-state index contributed by atoms with van der Waals surface area (Å²) >= 11 is 5.87. The van der Waals surface area contributed by atoms with Crippen molar-refractivity contribution in [1.82, 2.24) is 9.80 Å². The molecule has 2 aromatic carbocycles. The highest BCUT2D eigenvalue weighted by Crippen LogP contribution is 2.30. The normalized spacial score (nSPS) is 20.1. The van der Waals surface area contributed by atoms with Crippen molar-refractivity contribution >= 4 is 33.2 Å². The minimum absolute atomic E-state index is 0.00869. The van der Waals surface area contributed by atoms with Crippen LogP contribution < -0.4 is 9.46 Å². The lowest BCUT2D eigenvalue weighted by Crippen LogP contribution is -2.47. The zero-order valence-electron chi connectivity index (χ0n) is 19.9. The van der Waals surface area contributed by atoms with Gasteiger partial charge in [0.25, 0.3) is 10.0 Å². The summed E-state index contributed by atoms with van der Waals surface area (Å²) in [4.78, 5) is 17.0. The molecule has 0 spiro atoms. The summed E-state index contributed by atoms with van der Waals surface area (Å²) in [7, 11) is 0.0700. The van der Waals surface area contributed by atoms with Crippen molar-refractivity contribution in [2.75, 3.05) is 38.5 Å². The number of rotatable bonds is 7. The molecule has 10 heteroatoms. The average molecular weight is 510 g/mol. The summed E-state index contributed by atoms with van der Waals surface area (Å²) in [5.74, 6) is 0.399. The van der Waals surface area contributed by atoms with Gasteiger partial charge < -0.3 is 19.6 Å². The molecule has 0 aromatic heterocycles. The minimum atomic E-state index is -3.84. The second-order valence-electron chi connectivity index (χ2n) is 9.03. The summed E-state index contributed by atoms with van der Waals surface area (Å²) in [5, 5.41) is 10.1. The smallest absolute Gasteiger partial charge is 0.261 e. The van der Waals surface area contributed by atoms with E-state index in [-0.39, 0.29) is 41.9 Å². The number of carbonyl (C=O) groups excluding carboxylic acids is 1. The van der Waals surface area contributed by atoms with E-state index in [0.717, 1.165) is 0 Å². The van der Waals surface area contributed by atoms with Gasteiger partial charge in [-0.15, -0.1) is 0 Å². The van der Waals surface area contributed by atoms with Crippen LogP contribution in [0, 0.1) is 5.92 Å². The van der Waals surface area contributed by atoms with Gasteiger partial charge in [0.05, 0.1) is 24.0 Å². The molecule has 186 valence electrons. The third kappa shape index (κ3) is 6.41. The van der Waals surface area contributed by atoms with Crippen LogP contribution in [0.25, 0.3) is 0 Å². The number of nitrogens with one attached hydrogen (secondary N) is 1. The van der Waals surface area contributed by atoms with Gasteiger partial charge in [-0.25, -0.2) is 8.42 Å². The first-order valence-corrected chi connectivity index (χ1v) is 13.0. The quantitative estimate of drug-likeness (QED) is 0.595. The van der Waals surface area contributed by atoms with Crippen LogP contribution in [-0.4, -0.2) is 75.2 Å². The number of likely N-dealkylation sites (N-methyl/N-ethyl adjacent to an activating group) is 1. The van der Waals surface area contributed by atoms with E-state index in [9.17, 15) is 18.3 Å². The Morgan fingerprint density at radius 2 is 1.91 bits per heavy atom. The van der Waals surface area contributed by atoms with Gasteiger partial charge in [-0.1, -0.05) is 18.5 Å². The summed E-state index contributed by atoms with van der Waals surface area (Å²) in [6.45, 7) is 4.77. The Morgan fingerprint density at radius 3 is 2.53 bits per heavy atom. The van der Waals surface area contributed by atoms with Crippen LogP contribution in [-0.2, 0) is 21.2 Å². The Bertz CT molecular complexity index is 1110. The fourth-order valence-electron chi connectivity index (χ4n) is 3.90. The highest BCUT2D eigenvalue weighted by molar-refractivity contribution is 7.92. The van der Waals surface area contributed by atoms with Gasteiger partial charge in [0.2, 0.25) is 5.91 Å². The van der Waals surface area contributed by atoms with E-state index < -0.39 is 10.0 Å². The van der Waals surface area contributed by atoms with Crippen molar-refractivity contribution in [3.05, 3.63) is 53.1 Å². The molecule has 0 unspecified atom stereocenters. The highest BCUT2D eigenvalue weighted by atomic mass is 35.5. The number of hydrogen-bond donors (Lipinski definition) is 2. The number of halogens is 1. The van der Waals surface area contributed by atoms with Crippen molar-refractivity contribution in [2.45, 2.75) is 37.3 Å². The van der Waals surface area contributed by atoms with E-state index in [4.69, 9.17) is 16.3 Å². The molecular formula is C24H32ClN3O5S. The first-order valence-electron chi connectivity index (χ1n) is 11.1. The molecule has 0 bridgehead atoms. The summed E-state index contributed by atoms with van der Waals surface area (Å²) in [6, 6.07) is 10.5. The lowest BCUT2D eigenvalue weighted by molar-refractivity contribution is -0.134. The summed E-state index contributed by atoms with van der Waals surface area (Å²) in [6.07, 6.45) is -0.179. The maximum Gasteiger partial charge on any atom is 0.261 e. The van der Waals surface area contributed by atoms with Gasteiger partial charge in [0, 0.05) is 35.3 Å². The Hall–Kier alpha value is -2.33. The number of carbonyl (C=O) groups is 1. The molecule has 1 aliphatic rings. The third-order valence-corrected chi connectivity index (χ3v) is 7.49. The van der Waals surface area contributed by atoms with Crippen LogP contribution in [0.2, 0.25) is 5.02 Å². The van der Waals surface area contributed by atoms with Gasteiger partial charge in [-0.2, -0.15) is 0 Å². The Balaban J connectivity index is 1.97. The molecule has 0 saturated carbocycles. The average Bonchev–Trinajstić information content (AvgIpc) is 2.81.